The molecule has 0 aliphatic carbocycles. The smallest absolute Gasteiger partial charge is 0.234 e. The molecule has 9 aromatic rings. The number of thiophene rings is 1. The summed E-state index contributed by atoms with van der Waals surface area (Å²) in [4.78, 5) is 9.44. The molecule has 3 heterocycles. The number of hydrogen-bond acceptors (Lipinski definition) is 3. The van der Waals surface area contributed by atoms with Crippen LogP contribution in [0.25, 0.3) is 80.2 Å². The Balaban J connectivity index is 1.68. The van der Waals surface area contributed by atoms with E-state index in [4.69, 9.17) is 9.97 Å². The van der Waals surface area contributed by atoms with E-state index >= 15 is 0 Å². The van der Waals surface area contributed by atoms with Crippen molar-refractivity contribution in [2.75, 3.05) is 0 Å². The lowest BCUT2D eigenvalue weighted by atomic mass is 9.94. The largest absolute Gasteiger partial charge is 0.276 e. The standard InChI is InChI=1S/C34H19N3S/c1-3-12-22-20(10-1)21-11-2-6-15-25(21)32-29(22)30-24-14-5-4-13-23(24)28-26-16-7-8-17-27(26)37(31(28)33(30)38-32)34-35-18-9-19-36-34/h1-19H. The first kappa shape index (κ1) is 20.3. The Morgan fingerprint density at radius 1 is 0.447 bits per heavy atom. The summed E-state index contributed by atoms with van der Waals surface area (Å²) in [5, 5.41) is 12.9. The van der Waals surface area contributed by atoms with E-state index in [-0.39, 0.29) is 0 Å². The van der Waals surface area contributed by atoms with Crippen molar-refractivity contribution in [3.8, 4) is 5.95 Å². The highest BCUT2D eigenvalue weighted by molar-refractivity contribution is 7.28. The van der Waals surface area contributed by atoms with Gasteiger partial charge in [0.15, 0.2) is 0 Å². The van der Waals surface area contributed by atoms with Crippen LogP contribution in [0.5, 0.6) is 0 Å². The number of rotatable bonds is 1. The molecular formula is C34H19N3S. The van der Waals surface area contributed by atoms with Gasteiger partial charge >= 0.3 is 0 Å². The van der Waals surface area contributed by atoms with Crippen molar-refractivity contribution < 1.29 is 0 Å². The fourth-order valence-corrected chi connectivity index (χ4v) is 7.82. The maximum Gasteiger partial charge on any atom is 0.234 e. The van der Waals surface area contributed by atoms with Crippen LogP contribution in [0.15, 0.2) is 116 Å². The lowest BCUT2D eigenvalue weighted by Crippen LogP contribution is -1.99. The quantitative estimate of drug-likeness (QED) is 0.210. The van der Waals surface area contributed by atoms with E-state index in [0.717, 1.165) is 5.52 Å². The Labute approximate surface area is 221 Å². The van der Waals surface area contributed by atoms with E-state index in [1.54, 1.807) is 0 Å². The molecule has 0 spiro atoms. The summed E-state index contributed by atoms with van der Waals surface area (Å²) in [6, 6.07) is 37.1. The van der Waals surface area contributed by atoms with Crippen LogP contribution >= 0.6 is 11.3 Å². The number of nitrogens with zero attached hydrogens (tertiary/aromatic N) is 3. The van der Waals surface area contributed by atoms with E-state index in [1.807, 2.05) is 29.8 Å². The van der Waals surface area contributed by atoms with Crippen molar-refractivity contribution in [2.45, 2.75) is 0 Å². The van der Waals surface area contributed by atoms with Gasteiger partial charge in [-0.15, -0.1) is 11.3 Å². The third kappa shape index (κ3) is 2.48. The predicted molar refractivity (Wildman–Crippen MR) is 162 cm³/mol. The average molecular weight is 502 g/mol. The topological polar surface area (TPSA) is 30.7 Å². The van der Waals surface area contributed by atoms with Gasteiger partial charge < -0.3 is 0 Å². The van der Waals surface area contributed by atoms with Gasteiger partial charge in [0, 0.05) is 44.0 Å². The maximum atomic E-state index is 4.72. The number of fused-ring (bicyclic) bond motifs is 15. The Hall–Kier alpha value is -4.80. The zero-order valence-corrected chi connectivity index (χ0v) is 21.0. The molecule has 9 rings (SSSR count). The Bertz CT molecular complexity index is 2400. The highest BCUT2D eigenvalue weighted by Crippen LogP contribution is 2.51. The van der Waals surface area contributed by atoms with Crippen molar-refractivity contribution in [1.82, 2.24) is 14.5 Å². The molecule has 176 valence electrons. The normalized spacial score (nSPS) is 12.2. The second kappa shape index (κ2) is 7.37. The minimum atomic E-state index is 0.697. The molecule has 3 nitrogen and oxygen atoms in total. The predicted octanol–water partition coefficient (Wildman–Crippen LogP) is 9.40. The minimum Gasteiger partial charge on any atom is -0.276 e. The van der Waals surface area contributed by atoms with Crippen LogP contribution in [0.2, 0.25) is 0 Å². The monoisotopic (exact) mass is 501 g/mol. The van der Waals surface area contributed by atoms with E-state index in [1.165, 1.54) is 68.8 Å². The molecule has 0 saturated carbocycles. The summed E-state index contributed by atoms with van der Waals surface area (Å²) in [5.74, 6) is 0.697. The van der Waals surface area contributed by atoms with Crippen molar-refractivity contribution in [3.05, 3.63) is 116 Å². The van der Waals surface area contributed by atoms with Crippen molar-refractivity contribution in [3.63, 3.8) is 0 Å². The first-order valence-corrected chi connectivity index (χ1v) is 13.6. The molecule has 0 aliphatic heterocycles. The van der Waals surface area contributed by atoms with Crippen LogP contribution < -0.4 is 0 Å². The molecule has 0 fully saturated rings. The van der Waals surface area contributed by atoms with Crippen LogP contribution in [0.3, 0.4) is 0 Å². The van der Waals surface area contributed by atoms with Crippen LogP contribution in [-0.4, -0.2) is 14.5 Å². The van der Waals surface area contributed by atoms with E-state index < -0.39 is 0 Å². The van der Waals surface area contributed by atoms with Gasteiger partial charge in [-0.2, -0.15) is 0 Å². The highest BCUT2D eigenvalue weighted by Gasteiger charge is 2.24. The first-order chi connectivity index (χ1) is 18.9. The summed E-state index contributed by atoms with van der Waals surface area (Å²) in [7, 11) is 0. The fourth-order valence-electron chi connectivity index (χ4n) is 6.41. The number of para-hydroxylation sites is 1. The van der Waals surface area contributed by atoms with E-state index in [2.05, 4.69) is 102 Å². The summed E-state index contributed by atoms with van der Waals surface area (Å²) < 4.78 is 4.87. The molecule has 4 heteroatoms. The Kier molecular flexibility index (Phi) is 3.93. The molecule has 0 bridgehead atoms. The zero-order chi connectivity index (χ0) is 24.8. The van der Waals surface area contributed by atoms with Crippen LogP contribution in [0, 0.1) is 0 Å². The molecule has 38 heavy (non-hydrogen) atoms. The van der Waals surface area contributed by atoms with E-state index in [9.17, 15) is 0 Å². The molecule has 0 radical (unpaired) electrons. The molecule has 0 saturated heterocycles. The Morgan fingerprint density at radius 2 is 0.947 bits per heavy atom. The number of hydrogen-bond donors (Lipinski definition) is 0. The molecule has 0 atom stereocenters. The SMILES string of the molecule is c1cnc(-n2c3ccccc3c3c4ccccc4c4c(sc5c6ccccc6c6ccccc6c54)c32)nc1. The van der Waals surface area contributed by atoms with Crippen LogP contribution in [-0.2, 0) is 0 Å². The van der Waals surface area contributed by atoms with Gasteiger partial charge in [-0.3, -0.25) is 4.57 Å². The van der Waals surface area contributed by atoms with Gasteiger partial charge in [0.1, 0.15) is 0 Å². The van der Waals surface area contributed by atoms with Gasteiger partial charge in [-0.05, 0) is 39.1 Å². The summed E-state index contributed by atoms with van der Waals surface area (Å²) in [5.41, 5.74) is 2.30. The third-order valence-corrected chi connectivity index (χ3v) is 9.10. The summed E-state index contributed by atoms with van der Waals surface area (Å²) in [6.45, 7) is 0. The van der Waals surface area contributed by atoms with Gasteiger partial charge in [-0.25, -0.2) is 9.97 Å². The zero-order valence-electron chi connectivity index (χ0n) is 20.2. The van der Waals surface area contributed by atoms with Crippen molar-refractivity contribution in [1.29, 1.82) is 0 Å². The number of benzene rings is 6. The molecule has 0 unspecified atom stereocenters. The van der Waals surface area contributed by atoms with E-state index in [0.29, 0.717) is 5.95 Å². The minimum absolute atomic E-state index is 0.697. The highest BCUT2D eigenvalue weighted by atomic mass is 32.1. The molecule has 6 aromatic carbocycles. The second-order valence-electron chi connectivity index (χ2n) is 9.77. The Morgan fingerprint density at radius 3 is 1.66 bits per heavy atom. The van der Waals surface area contributed by atoms with Gasteiger partial charge in [-0.1, -0.05) is 91.0 Å². The van der Waals surface area contributed by atoms with Gasteiger partial charge in [0.05, 0.1) is 15.7 Å². The molecule has 0 N–H and O–H groups in total. The van der Waals surface area contributed by atoms with Crippen LogP contribution in [0.4, 0.5) is 0 Å². The fraction of sp³-hybridized carbons (Fsp3) is 0. The van der Waals surface area contributed by atoms with Gasteiger partial charge in [0.2, 0.25) is 5.95 Å². The molecule has 3 aromatic heterocycles. The summed E-state index contributed by atoms with van der Waals surface area (Å²) in [6.07, 6.45) is 3.65. The average Bonchev–Trinajstić information content (AvgIpc) is 3.56. The summed E-state index contributed by atoms with van der Waals surface area (Å²) >= 11 is 1.90. The lowest BCUT2D eigenvalue weighted by Gasteiger charge is -2.09. The van der Waals surface area contributed by atoms with Gasteiger partial charge in [0.25, 0.3) is 0 Å². The number of aromatic nitrogens is 3. The maximum absolute atomic E-state index is 4.72. The molecular weight excluding hydrogens is 482 g/mol. The molecule has 0 amide bonds. The first-order valence-electron chi connectivity index (χ1n) is 12.8. The second-order valence-corrected chi connectivity index (χ2v) is 10.8. The lowest BCUT2D eigenvalue weighted by molar-refractivity contribution is 0.991. The van der Waals surface area contributed by atoms with Crippen LogP contribution in [0.1, 0.15) is 0 Å². The van der Waals surface area contributed by atoms with Crippen molar-refractivity contribution in [2.24, 2.45) is 0 Å². The van der Waals surface area contributed by atoms with Crippen molar-refractivity contribution >= 4 is 85.6 Å². The third-order valence-electron chi connectivity index (χ3n) is 7.87. The molecule has 0 aliphatic rings.